The van der Waals surface area contributed by atoms with Gasteiger partial charge >= 0.3 is 5.97 Å². The van der Waals surface area contributed by atoms with Crippen LogP contribution in [-0.2, 0) is 4.74 Å². The molecule has 4 nitrogen and oxygen atoms in total. The fourth-order valence-electron chi connectivity index (χ4n) is 1.49. The van der Waals surface area contributed by atoms with Gasteiger partial charge in [-0.25, -0.2) is 4.79 Å². The first kappa shape index (κ1) is 15.3. The largest absolute Gasteiger partial charge is 0.497 e. The molecule has 0 unspecified atom stereocenters. The smallest absolute Gasteiger partial charge is 0.341 e. The first-order valence-corrected chi connectivity index (χ1v) is 6.26. The highest BCUT2D eigenvalue weighted by Gasteiger charge is 2.16. The second-order valence-corrected chi connectivity index (χ2v) is 5.51. The van der Waals surface area contributed by atoms with Crippen LogP contribution in [0.3, 0.4) is 0 Å². The zero-order valence-electron chi connectivity index (χ0n) is 12.3. The van der Waals surface area contributed by atoms with Crippen molar-refractivity contribution in [3.8, 4) is 11.5 Å². The predicted molar refractivity (Wildman–Crippen MR) is 73.9 cm³/mol. The normalized spacial score (nSPS) is 11.0. The van der Waals surface area contributed by atoms with Gasteiger partial charge in [0.05, 0.1) is 20.8 Å². The monoisotopic (exact) mass is 266 g/mol. The molecule has 0 atom stereocenters. The maximum atomic E-state index is 11.7. The number of methoxy groups -OCH3 is 2. The van der Waals surface area contributed by atoms with Gasteiger partial charge in [0.15, 0.2) is 0 Å². The quantitative estimate of drug-likeness (QED) is 0.767. The molecule has 0 spiro atoms. The van der Waals surface area contributed by atoms with Crippen LogP contribution in [0.5, 0.6) is 11.5 Å². The fraction of sp³-hybridized carbons (Fsp3) is 0.533. The van der Waals surface area contributed by atoms with E-state index in [1.807, 2.05) is 0 Å². The molecule has 0 heterocycles. The van der Waals surface area contributed by atoms with Gasteiger partial charge in [-0.05, 0) is 24.0 Å². The van der Waals surface area contributed by atoms with Crippen molar-refractivity contribution >= 4 is 5.97 Å². The molecule has 0 saturated carbocycles. The van der Waals surface area contributed by atoms with Crippen LogP contribution in [-0.4, -0.2) is 26.8 Å². The highest BCUT2D eigenvalue weighted by atomic mass is 16.5. The van der Waals surface area contributed by atoms with Gasteiger partial charge in [-0.15, -0.1) is 0 Å². The second kappa shape index (κ2) is 6.45. The summed E-state index contributed by atoms with van der Waals surface area (Å²) in [5.74, 6) is 0.738. The SMILES string of the molecule is COC(=O)c1ccc(OC)cc1OCCC(C)(C)C. The number of esters is 1. The van der Waals surface area contributed by atoms with E-state index in [1.54, 1.807) is 25.3 Å². The van der Waals surface area contributed by atoms with Crippen LogP contribution in [0, 0.1) is 5.41 Å². The Morgan fingerprint density at radius 2 is 1.89 bits per heavy atom. The van der Waals surface area contributed by atoms with Crippen molar-refractivity contribution in [3.05, 3.63) is 23.8 Å². The number of carbonyl (C=O) groups is 1. The van der Waals surface area contributed by atoms with Crippen molar-refractivity contribution in [3.63, 3.8) is 0 Å². The van der Waals surface area contributed by atoms with E-state index in [9.17, 15) is 4.79 Å². The molecular formula is C15H22O4. The third-order valence-corrected chi connectivity index (χ3v) is 2.70. The van der Waals surface area contributed by atoms with Crippen molar-refractivity contribution in [2.45, 2.75) is 27.2 Å². The number of carbonyl (C=O) groups excluding carboxylic acids is 1. The minimum absolute atomic E-state index is 0.185. The van der Waals surface area contributed by atoms with Crippen LogP contribution in [0.1, 0.15) is 37.6 Å². The van der Waals surface area contributed by atoms with Crippen LogP contribution in [0.15, 0.2) is 18.2 Å². The molecule has 1 aromatic rings. The molecule has 1 aromatic carbocycles. The van der Waals surface area contributed by atoms with Crippen LogP contribution >= 0.6 is 0 Å². The van der Waals surface area contributed by atoms with Crippen molar-refractivity contribution < 1.29 is 19.0 Å². The molecule has 4 heteroatoms. The Labute approximate surface area is 114 Å². The van der Waals surface area contributed by atoms with Gasteiger partial charge in [0.1, 0.15) is 17.1 Å². The maximum absolute atomic E-state index is 11.7. The summed E-state index contributed by atoms with van der Waals surface area (Å²) in [4.78, 5) is 11.7. The molecule has 106 valence electrons. The number of benzene rings is 1. The molecule has 0 amide bonds. The lowest BCUT2D eigenvalue weighted by atomic mass is 9.93. The highest BCUT2D eigenvalue weighted by molar-refractivity contribution is 5.92. The summed E-state index contributed by atoms with van der Waals surface area (Å²) in [6, 6.07) is 5.06. The van der Waals surface area contributed by atoms with E-state index in [0.29, 0.717) is 23.7 Å². The van der Waals surface area contributed by atoms with Gasteiger partial charge < -0.3 is 14.2 Å². The first-order valence-electron chi connectivity index (χ1n) is 6.26. The molecule has 0 fully saturated rings. The Morgan fingerprint density at radius 1 is 1.21 bits per heavy atom. The lowest BCUT2D eigenvalue weighted by Gasteiger charge is -2.19. The molecule has 0 N–H and O–H groups in total. The molecule has 19 heavy (non-hydrogen) atoms. The summed E-state index contributed by atoms with van der Waals surface area (Å²) in [5.41, 5.74) is 0.599. The Hall–Kier alpha value is -1.71. The van der Waals surface area contributed by atoms with Crippen LogP contribution < -0.4 is 9.47 Å². The molecule has 0 bridgehead atoms. The summed E-state index contributed by atoms with van der Waals surface area (Å²) in [7, 11) is 2.93. The molecule has 0 aromatic heterocycles. The van der Waals surface area contributed by atoms with Gasteiger partial charge in [-0.3, -0.25) is 0 Å². The summed E-state index contributed by atoms with van der Waals surface area (Å²) in [5, 5.41) is 0. The van der Waals surface area contributed by atoms with Crippen LogP contribution in [0.25, 0.3) is 0 Å². The van der Waals surface area contributed by atoms with Crippen molar-refractivity contribution in [2.75, 3.05) is 20.8 Å². The van der Waals surface area contributed by atoms with E-state index in [-0.39, 0.29) is 5.41 Å². The second-order valence-electron chi connectivity index (χ2n) is 5.51. The maximum Gasteiger partial charge on any atom is 0.341 e. The summed E-state index contributed by atoms with van der Waals surface area (Å²) in [6.07, 6.45) is 0.894. The van der Waals surface area contributed by atoms with Gasteiger partial charge in [0, 0.05) is 6.07 Å². The molecule has 0 aliphatic heterocycles. The minimum Gasteiger partial charge on any atom is -0.497 e. The molecule has 0 saturated heterocycles. The Kier molecular flexibility index (Phi) is 5.21. The van der Waals surface area contributed by atoms with Crippen molar-refractivity contribution in [2.24, 2.45) is 5.41 Å². The Morgan fingerprint density at radius 3 is 2.42 bits per heavy atom. The van der Waals surface area contributed by atoms with Crippen molar-refractivity contribution in [1.29, 1.82) is 0 Å². The van der Waals surface area contributed by atoms with E-state index in [0.717, 1.165) is 6.42 Å². The summed E-state index contributed by atoms with van der Waals surface area (Å²) >= 11 is 0. The average molecular weight is 266 g/mol. The summed E-state index contributed by atoms with van der Waals surface area (Å²) < 4.78 is 15.6. The standard InChI is InChI=1S/C15H22O4/c1-15(2,3)8-9-19-13-10-11(17-4)6-7-12(13)14(16)18-5/h6-7,10H,8-9H2,1-5H3. The minimum atomic E-state index is -0.409. The number of rotatable bonds is 5. The van der Waals surface area contributed by atoms with E-state index < -0.39 is 5.97 Å². The number of hydrogen-bond acceptors (Lipinski definition) is 4. The van der Waals surface area contributed by atoms with Crippen LogP contribution in [0.4, 0.5) is 0 Å². The lowest BCUT2D eigenvalue weighted by molar-refractivity contribution is 0.0595. The van der Waals surface area contributed by atoms with E-state index in [2.05, 4.69) is 20.8 Å². The third kappa shape index (κ3) is 4.81. The zero-order chi connectivity index (χ0) is 14.5. The summed E-state index contributed by atoms with van der Waals surface area (Å²) in [6.45, 7) is 6.97. The number of ether oxygens (including phenoxy) is 3. The van der Waals surface area contributed by atoms with E-state index >= 15 is 0 Å². The predicted octanol–water partition coefficient (Wildman–Crippen LogP) is 3.30. The highest BCUT2D eigenvalue weighted by Crippen LogP contribution is 2.27. The fourth-order valence-corrected chi connectivity index (χ4v) is 1.49. The Balaban J connectivity index is 2.86. The molecular weight excluding hydrogens is 244 g/mol. The molecule has 0 aliphatic carbocycles. The van der Waals surface area contributed by atoms with Crippen LogP contribution in [0.2, 0.25) is 0 Å². The lowest BCUT2D eigenvalue weighted by Crippen LogP contribution is -2.13. The van der Waals surface area contributed by atoms with Gasteiger partial charge in [-0.1, -0.05) is 20.8 Å². The molecule has 0 aliphatic rings. The zero-order valence-corrected chi connectivity index (χ0v) is 12.3. The van der Waals surface area contributed by atoms with E-state index in [4.69, 9.17) is 14.2 Å². The van der Waals surface area contributed by atoms with Crippen molar-refractivity contribution in [1.82, 2.24) is 0 Å². The van der Waals surface area contributed by atoms with Gasteiger partial charge in [0.25, 0.3) is 0 Å². The molecule has 1 rings (SSSR count). The molecule has 0 radical (unpaired) electrons. The van der Waals surface area contributed by atoms with Gasteiger partial charge in [0.2, 0.25) is 0 Å². The van der Waals surface area contributed by atoms with Gasteiger partial charge in [-0.2, -0.15) is 0 Å². The first-order chi connectivity index (χ1) is 8.87. The number of hydrogen-bond donors (Lipinski definition) is 0. The topological polar surface area (TPSA) is 44.8 Å². The Bertz CT molecular complexity index is 432. The van der Waals surface area contributed by atoms with E-state index in [1.165, 1.54) is 7.11 Å². The average Bonchev–Trinajstić information content (AvgIpc) is 2.36. The third-order valence-electron chi connectivity index (χ3n) is 2.70.